The van der Waals surface area contributed by atoms with Crippen LogP contribution in [0, 0.1) is 5.82 Å². The molecule has 4 nitrogen and oxygen atoms in total. The lowest BCUT2D eigenvalue weighted by molar-refractivity contribution is 0.396. The largest absolute Gasteiger partial charge is 0.480 e. The Labute approximate surface area is 96.1 Å². The molecule has 0 spiro atoms. The molecule has 0 aliphatic carbocycles. The molecule has 2 rings (SSSR count). The van der Waals surface area contributed by atoms with Crippen molar-refractivity contribution in [3.8, 4) is 17.1 Å². The van der Waals surface area contributed by atoms with Gasteiger partial charge in [0.2, 0.25) is 5.88 Å². The number of methoxy groups -OCH3 is 1. The molecule has 0 saturated heterocycles. The number of halogens is 2. The molecule has 0 aromatic carbocycles. The first-order valence-corrected chi connectivity index (χ1v) is 4.76. The first kappa shape index (κ1) is 10.8. The Morgan fingerprint density at radius 1 is 1.19 bits per heavy atom. The number of ether oxygens (including phenoxy) is 1. The van der Waals surface area contributed by atoms with Crippen LogP contribution in [0.2, 0.25) is 5.15 Å². The summed E-state index contributed by atoms with van der Waals surface area (Å²) in [6, 6.07) is 1.13. The van der Waals surface area contributed by atoms with Crippen molar-refractivity contribution in [1.29, 1.82) is 0 Å². The molecule has 16 heavy (non-hydrogen) atoms. The third kappa shape index (κ3) is 2.09. The van der Waals surface area contributed by atoms with Gasteiger partial charge in [0.15, 0.2) is 0 Å². The van der Waals surface area contributed by atoms with Crippen LogP contribution in [0.5, 0.6) is 5.88 Å². The fourth-order valence-corrected chi connectivity index (χ4v) is 1.30. The fourth-order valence-electron chi connectivity index (χ4n) is 1.16. The molecule has 0 N–H and O–H groups in total. The zero-order valence-corrected chi connectivity index (χ0v) is 9.07. The summed E-state index contributed by atoms with van der Waals surface area (Å²) >= 11 is 5.54. The maximum atomic E-state index is 13.5. The summed E-state index contributed by atoms with van der Waals surface area (Å²) in [5, 5.41) is 0.0997. The summed E-state index contributed by atoms with van der Waals surface area (Å²) in [6.07, 6.45) is 4.13. The highest BCUT2D eigenvalue weighted by atomic mass is 35.5. The van der Waals surface area contributed by atoms with Gasteiger partial charge in [0, 0.05) is 12.3 Å². The van der Waals surface area contributed by atoms with Crippen molar-refractivity contribution in [1.82, 2.24) is 15.0 Å². The summed E-state index contributed by atoms with van der Waals surface area (Å²) in [5.74, 6) is -0.120. The van der Waals surface area contributed by atoms with E-state index in [2.05, 4.69) is 15.0 Å². The summed E-state index contributed by atoms with van der Waals surface area (Å²) < 4.78 is 18.3. The second-order valence-electron chi connectivity index (χ2n) is 2.93. The molecule has 2 heterocycles. The Hall–Kier alpha value is -1.75. The van der Waals surface area contributed by atoms with Gasteiger partial charge in [-0.25, -0.2) is 19.3 Å². The topological polar surface area (TPSA) is 47.9 Å². The number of aromatic nitrogens is 3. The van der Waals surface area contributed by atoms with Crippen LogP contribution in [0.3, 0.4) is 0 Å². The number of pyridine rings is 1. The van der Waals surface area contributed by atoms with Crippen molar-refractivity contribution in [3.05, 3.63) is 35.6 Å². The molecule has 0 fully saturated rings. The van der Waals surface area contributed by atoms with Gasteiger partial charge in [-0.2, -0.15) is 0 Å². The highest BCUT2D eigenvalue weighted by Gasteiger charge is 2.08. The average Bonchev–Trinajstić information content (AvgIpc) is 2.29. The Kier molecular flexibility index (Phi) is 2.96. The molecule has 0 aliphatic heterocycles. The van der Waals surface area contributed by atoms with Gasteiger partial charge in [-0.05, 0) is 0 Å². The van der Waals surface area contributed by atoms with E-state index < -0.39 is 5.82 Å². The van der Waals surface area contributed by atoms with Crippen LogP contribution in [0.25, 0.3) is 11.3 Å². The van der Waals surface area contributed by atoms with Crippen LogP contribution < -0.4 is 4.74 Å². The predicted octanol–water partition coefficient (Wildman–Crippen LogP) is 2.34. The second-order valence-corrected chi connectivity index (χ2v) is 3.32. The summed E-state index contributed by atoms with van der Waals surface area (Å²) in [5.41, 5.74) is 0.627. The van der Waals surface area contributed by atoms with E-state index in [9.17, 15) is 4.39 Å². The molecule has 0 atom stereocenters. The van der Waals surface area contributed by atoms with Crippen LogP contribution >= 0.6 is 11.6 Å². The minimum Gasteiger partial charge on any atom is -0.480 e. The van der Waals surface area contributed by atoms with Gasteiger partial charge in [0.25, 0.3) is 0 Å². The van der Waals surface area contributed by atoms with Crippen molar-refractivity contribution in [2.75, 3.05) is 7.11 Å². The van der Waals surface area contributed by atoms with E-state index in [4.69, 9.17) is 16.3 Å². The minimum atomic E-state index is -0.487. The second kappa shape index (κ2) is 4.40. The third-order valence-electron chi connectivity index (χ3n) is 1.93. The fraction of sp³-hybridized carbons (Fsp3) is 0.100. The zero-order valence-electron chi connectivity index (χ0n) is 8.32. The molecule has 0 aliphatic rings. The molecule has 6 heteroatoms. The van der Waals surface area contributed by atoms with Gasteiger partial charge in [0.1, 0.15) is 11.0 Å². The number of rotatable bonds is 2. The van der Waals surface area contributed by atoms with E-state index in [-0.39, 0.29) is 10.7 Å². The van der Waals surface area contributed by atoms with Crippen molar-refractivity contribution in [3.63, 3.8) is 0 Å². The number of hydrogen-bond donors (Lipinski definition) is 0. The standard InChI is InChI=1S/C10H7ClFN3O/c1-16-10-5-13-8(4-15-10)6-3-14-9(11)2-7(6)12/h2-5H,1H3. The zero-order chi connectivity index (χ0) is 11.5. The van der Waals surface area contributed by atoms with Gasteiger partial charge in [-0.3, -0.25) is 0 Å². The molecular weight excluding hydrogens is 233 g/mol. The molecule has 0 unspecified atom stereocenters. The van der Waals surface area contributed by atoms with Crippen LogP contribution in [0.15, 0.2) is 24.7 Å². The molecule has 0 amide bonds. The monoisotopic (exact) mass is 239 g/mol. The minimum absolute atomic E-state index is 0.0997. The Morgan fingerprint density at radius 3 is 2.56 bits per heavy atom. The maximum Gasteiger partial charge on any atom is 0.232 e. The highest BCUT2D eigenvalue weighted by molar-refractivity contribution is 6.29. The van der Waals surface area contributed by atoms with Crippen LogP contribution in [0.4, 0.5) is 4.39 Å². The predicted molar refractivity (Wildman–Crippen MR) is 56.8 cm³/mol. The third-order valence-corrected chi connectivity index (χ3v) is 2.14. The number of hydrogen-bond acceptors (Lipinski definition) is 4. The molecule has 82 valence electrons. The maximum absolute atomic E-state index is 13.5. The molecule has 2 aromatic heterocycles. The number of nitrogens with zero attached hydrogens (tertiary/aromatic N) is 3. The van der Waals surface area contributed by atoms with Crippen molar-refractivity contribution in [2.45, 2.75) is 0 Å². The average molecular weight is 240 g/mol. The smallest absolute Gasteiger partial charge is 0.232 e. The Morgan fingerprint density at radius 2 is 2.00 bits per heavy atom. The van der Waals surface area contributed by atoms with Gasteiger partial charge in [0.05, 0.1) is 30.8 Å². The van der Waals surface area contributed by atoms with E-state index in [0.29, 0.717) is 11.6 Å². The quantitative estimate of drug-likeness (QED) is 0.755. The lowest BCUT2D eigenvalue weighted by Crippen LogP contribution is -1.93. The lowest BCUT2D eigenvalue weighted by atomic mass is 10.2. The van der Waals surface area contributed by atoms with Gasteiger partial charge in [-0.15, -0.1) is 0 Å². The van der Waals surface area contributed by atoms with Gasteiger partial charge >= 0.3 is 0 Å². The summed E-state index contributed by atoms with van der Waals surface area (Å²) in [7, 11) is 1.48. The normalized spacial score (nSPS) is 10.2. The first-order valence-electron chi connectivity index (χ1n) is 4.38. The summed E-state index contributed by atoms with van der Waals surface area (Å²) in [6.45, 7) is 0. The lowest BCUT2D eigenvalue weighted by Gasteiger charge is -2.02. The van der Waals surface area contributed by atoms with Crippen molar-refractivity contribution >= 4 is 11.6 Å². The van der Waals surface area contributed by atoms with Crippen LogP contribution in [-0.2, 0) is 0 Å². The SMILES string of the molecule is COc1cnc(-c2cnc(Cl)cc2F)cn1. The van der Waals surface area contributed by atoms with Gasteiger partial charge < -0.3 is 4.74 Å². The van der Waals surface area contributed by atoms with E-state index in [1.54, 1.807) is 0 Å². The van der Waals surface area contributed by atoms with Gasteiger partial charge in [-0.1, -0.05) is 11.6 Å². The molecule has 0 radical (unpaired) electrons. The van der Waals surface area contributed by atoms with E-state index in [1.165, 1.54) is 25.7 Å². The Balaban J connectivity index is 2.42. The van der Waals surface area contributed by atoms with E-state index >= 15 is 0 Å². The highest BCUT2D eigenvalue weighted by Crippen LogP contribution is 2.21. The molecule has 2 aromatic rings. The molecule has 0 bridgehead atoms. The van der Waals surface area contributed by atoms with E-state index in [0.717, 1.165) is 6.07 Å². The van der Waals surface area contributed by atoms with Crippen LogP contribution in [0.1, 0.15) is 0 Å². The molecular formula is C10H7ClFN3O. The summed E-state index contributed by atoms with van der Waals surface area (Å²) in [4.78, 5) is 11.7. The van der Waals surface area contributed by atoms with Crippen molar-refractivity contribution < 1.29 is 9.13 Å². The Bertz CT molecular complexity index is 504. The van der Waals surface area contributed by atoms with Crippen LogP contribution in [-0.4, -0.2) is 22.1 Å². The molecule has 0 saturated carbocycles. The van der Waals surface area contributed by atoms with Crippen molar-refractivity contribution in [2.24, 2.45) is 0 Å². The first-order chi connectivity index (χ1) is 7.70. The van der Waals surface area contributed by atoms with E-state index in [1.807, 2.05) is 0 Å².